The number of aromatic nitrogens is 1. The van der Waals surface area contributed by atoms with Gasteiger partial charge in [-0.05, 0) is 24.6 Å². The minimum atomic E-state index is 0.787. The molecule has 0 fully saturated rings. The van der Waals surface area contributed by atoms with Crippen molar-refractivity contribution < 1.29 is 0 Å². The van der Waals surface area contributed by atoms with Gasteiger partial charge in [-0.25, -0.2) is 4.98 Å². The minimum Gasteiger partial charge on any atom is -0.252 e. The van der Waals surface area contributed by atoms with Crippen LogP contribution in [0.2, 0.25) is 0 Å². The quantitative estimate of drug-likeness (QED) is 0.491. The summed E-state index contributed by atoms with van der Waals surface area (Å²) in [5.74, 6) is 0. The molecule has 0 bridgehead atoms. The predicted octanol–water partition coefficient (Wildman–Crippen LogP) is 5.41. The molecule has 1 N–H and O–H groups in total. The molecule has 3 aromatic rings. The van der Waals surface area contributed by atoms with Gasteiger partial charge in [-0.3, -0.25) is 5.43 Å². The fraction of sp³-hybridized carbons (Fsp3) is 0.0588. The van der Waals surface area contributed by atoms with Crippen LogP contribution in [0.4, 0.5) is 5.13 Å². The summed E-state index contributed by atoms with van der Waals surface area (Å²) in [5, 5.41) is 7.22. The van der Waals surface area contributed by atoms with Gasteiger partial charge in [0.25, 0.3) is 0 Å². The molecule has 3 rings (SSSR count). The fourth-order valence-corrected chi connectivity index (χ4v) is 2.88. The van der Waals surface area contributed by atoms with E-state index < -0.39 is 0 Å². The maximum absolute atomic E-state index is 4.55. The molecular weight excluding hydrogens is 358 g/mol. The topological polar surface area (TPSA) is 37.3 Å². The third-order valence-corrected chi connectivity index (χ3v) is 4.43. The highest BCUT2D eigenvalue weighted by atomic mass is 79.9. The zero-order valence-electron chi connectivity index (χ0n) is 12.0. The molecule has 0 unspecified atom stereocenters. The molecule has 1 aromatic heterocycles. The molecule has 0 saturated carbocycles. The third kappa shape index (κ3) is 3.61. The van der Waals surface area contributed by atoms with Crippen LogP contribution in [-0.2, 0) is 0 Å². The number of hydrogen-bond acceptors (Lipinski definition) is 4. The number of hydrazone groups is 1. The lowest BCUT2D eigenvalue weighted by molar-refractivity contribution is 1.27. The molecule has 1 heterocycles. The molecular formula is C17H14BrN3S. The van der Waals surface area contributed by atoms with Crippen molar-refractivity contribution in [2.24, 2.45) is 5.10 Å². The Morgan fingerprint density at radius 2 is 1.82 bits per heavy atom. The van der Waals surface area contributed by atoms with Gasteiger partial charge in [0, 0.05) is 15.4 Å². The summed E-state index contributed by atoms with van der Waals surface area (Å²) in [6.07, 6.45) is 0. The second kappa shape index (κ2) is 6.85. The lowest BCUT2D eigenvalue weighted by Crippen LogP contribution is -1.99. The highest BCUT2D eigenvalue weighted by Gasteiger charge is 2.03. The summed E-state index contributed by atoms with van der Waals surface area (Å²) >= 11 is 4.98. The van der Waals surface area contributed by atoms with Crippen molar-refractivity contribution >= 4 is 38.1 Å². The number of halogens is 1. The van der Waals surface area contributed by atoms with Crippen LogP contribution in [0.3, 0.4) is 0 Å². The van der Waals surface area contributed by atoms with E-state index in [0.29, 0.717) is 0 Å². The van der Waals surface area contributed by atoms with Crippen molar-refractivity contribution in [2.75, 3.05) is 5.43 Å². The van der Waals surface area contributed by atoms with Gasteiger partial charge in [0.1, 0.15) is 0 Å². The number of benzene rings is 2. The lowest BCUT2D eigenvalue weighted by atomic mass is 10.1. The Morgan fingerprint density at radius 3 is 2.55 bits per heavy atom. The summed E-state index contributed by atoms with van der Waals surface area (Å²) in [6.45, 7) is 1.97. The zero-order chi connectivity index (χ0) is 15.4. The van der Waals surface area contributed by atoms with Crippen molar-refractivity contribution in [1.82, 2.24) is 4.98 Å². The summed E-state index contributed by atoms with van der Waals surface area (Å²) in [5.41, 5.74) is 7.10. The number of hydrogen-bond donors (Lipinski definition) is 1. The molecule has 0 spiro atoms. The molecule has 22 heavy (non-hydrogen) atoms. The van der Waals surface area contributed by atoms with E-state index in [1.807, 2.05) is 54.8 Å². The van der Waals surface area contributed by atoms with Gasteiger partial charge < -0.3 is 0 Å². The number of rotatable bonds is 4. The van der Waals surface area contributed by atoms with E-state index >= 15 is 0 Å². The Labute approximate surface area is 141 Å². The molecule has 0 aliphatic rings. The SMILES string of the molecule is CC(=NNc1nc(-c2ccccc2)cs1)c1ccc(Br)cc1. The first-order chi connectivity index (χ1) is 10.7. The monoisotopic (exact) mass is 371 g/mol. The van der Waals surface area contributed by atoms with E-state index in [9.17, 15) is 0 Å². The summed E-state index contributed by atoms with van der Waals surface area (Å²) in [7, 11) is 0. The van der Waals surface area contributed by atoms with E-state index in [4.69, 9.17) is 0 Å². The molecule has 2 aromatic carbocycles. The third-order valence-electron chi connectivity index (χ3n) is 3.15. The van der Waals surface area contributed by atoms with Crippen LogP contribution < -0.4 is 5.43 Å². The van der Waals surface area contributed by atoms with E-state index in [0.717, 1.165) is 32.1 Å². The van der Waals surface area contributed by atoms with Gasteiger partial charge in [-0.2, -0.15) is 5.10 Å². The zero-order valence-corrected chi connectivity index (χ0v) is 14.4. The van der Waals surface area contributed by atoms with E-state index in [1.165, 1.54) is 0 Å². The maximum Gasteiger partial charge on any atom is 0.203 e. The first kappa shape index (κ1) is 14.9. The summed E-state index contributed by atoms with van der Waals surface area (Å²) < 4.78 is 1.06. The molecule has 0 amide bonds. The number of thiazole rings is 1. The van der Waals surface area contributed by atoms with E-state index in [1.54, 1.807) is 11.3 Å². The molecule has 0 aliphatic heterocycles. The van der Waals surface area contributed by atoms with E-state index in [-0.39, 0.29) is 0 Å². The molecule has 5 heteroatoms. The van der Waals surface area contributed by atoms with Crippen LogP contribution >= 0.6 is 27.3 Å². The Kier molecular flexibility index (Phi) is 4.65. The maximum atomic E-state index is 4.55. The highest BCUT2D eigenvalue weighted by molar-refractivity contribution is 9.10. The van der Waals surface area contributed by atoms with Crippen LogP contribution in [0.1, 0.15) is 12.5 Å². The Hall–Kier alpha value is -1.98. The fourth-order valence-electron chi connectivity index (χ4n) is 1.95. The second-order valence-electron chi connectivity index (χ2n) is 4.72. The van der Waals surface area contributed by atoms with Crippen molar-refractivity contribution in [1.29, 1.82) is 0 Å². The van der Waals surface area contributed by atoms with Crippen LogP contribution in [0.25, 0.3) is 11.3 Å². The molecule has 0 atom stereocenters. The second-order valence-corrected chi connectivity index (χ2v) is 6.49. The van der Waals surface area contributed by atoms with Crippen molar-refractivity contribution in [2.45, 2.75) is 6.92 Å². The molecule has 0 aliphatic carbocycles. The van der Waals surface area contributed by atoms with Crippen LogP contribution in [0.5, 0.6) is 0 Å². The molecule has 0 saturated heterocycles. The van der Waals surface area contributed by atoms with Crippen LogP contribution in [0.15, 0.2) is 69.6 Å². The first-order valence-corrected chi connectivity index (χ1v) is 8.47. The van der Waals surface area contributed by atoms with Crippen molar-refractivity contribution in [3.63, 3.8) is 0 Å². The Balaban J connectivity index is 1.73. The van der Waals surface area contributed by atoms with Crippen molar-refractivity contribution in [3.05, 3.63) is 70.0 Å². The molecule has 0 radical (unpaired) electrons. The minimum absolute atomic E-state index is 0.787. The van der Waals surface area contributed by atoms with Crippen molar-refractivity contribution in [3.8, 4) is 11.3 Å². The molecule has 110 valence electrons. The van der Waals surface area contributed by atoms with Crippen LogP contribution in [0, 0.1) is 0 Å². The highest BCUT2D eigenvalue weighted by Crippen LogP contribution is 2.24. The van der Waals surface area contributed by atoms with Gasteiger partial charge in [-0.1, -0.05) is 58.4 Å². The standard InChI is InChI=1S/C17H14BrN3S/c1-12(13-7-9-15(18)10-8-13)20-21-17-19-16(11-22-17)14-5-3-2-4-6-14/h2-11H,1H3,(H,19,21). The number of anilines is 1. The molecule has 3 nitrogen and oxygen atoms in total. The van der Waals surface area contributed by atoms with Gasteiger partial charge in [0.05, 0.1) is 11.4 Å². The van der Waals surface area contributed by atoms with E-state index in [2.05, 4.69) is 43.6 Å². The number of nitrogens with zero attached hydrogens (tertiary/aromatic N) is 2. The summed E-state index contributed by atoms with van der Waals surface area (Å²) in [6, 6.07) is 18.2. The largest absolute Gasteiger partial charge is 0.252 e. The average molecular weight is 372 g/mol. The van der Waals surface area contributed by atoms with Crippen LogP contribution in [-0.4, -0.2) is 10.7 Å². The summed E-state index contributed by atoms with van der Waals surface area (Å²) in [4.78, 5) is 4.55. The Morgan fingerprint density at radius 1 is 1.09 bits per heavy atom. The van der Waals surface area contributed by atoms with Gasteiger partial charge >= 0.3 is 0 Å². The normalized spacial score (nSPS) is 11.5. The first-order valence-electron chi connectivity index (χ1n) is 6.79. The smallest absolute Gasteiger partial charge is 0.203 e. The van der Waals surface area contributed by atoms with Gasteiger partial charge in [-0.15, -0.1) is 11.3 Å². The average Bonchev–Trinajstić information content (AvgIpc) is 3.03. The number of nitrogens with one attached hydrogen (secondary N) is 1. The lowest BCUT2D eigenvalue weighted by Gasteiger charge is -2.01. The van der Waals surface area contributed by atoms with Gasteiger partial charge in [0.15, 0.2) is 0 Å². The van der Waals surface area contributed by atoms with Gasteiger partial charge in [0.2, 0.25) is 5.13 Å². The predicted molar refractivity (Wildman–Crippen MR) is 97.5 cm³/mol. The Bertz CT molecular complexity index is 779.